The third-order valence-electron chi connectivity index (χ3n) is 6.03. The van der Waals surface area contributed by atoms with Crippen molar-refractivity contribution in [1.82, 2.24) is 39.8 Å². The van der Waals surface area contributed by atoms with Crippen LogP contribution in [-0.2, 0) is 11.2 Å². The standard InChI is InChI=1S/C24H21N9O/c1-14(34)29-19-7-4-15-13-16(5-6-17(15)19)32-23(18-3-2-10-26-22(18)25)30-20-8-9-21(31-24(20)32)33-27-11-12-28-33/h2-3,5-6,8-13,19H,4,7H2,1H3,(H2,25,26)(H,29,34). The Hall–Kier alpha value is -4.60. The third kappa shape index (κ3) is 3.27. The number of imidazole rings is 1. The summed E-state index contributed by atoms with van der Waals surface area (Å²) < 4.78 is 1.99. The average molecular weight is 451 g/mol. The number of nitrogens with one attached hydrogen (secondary N) is 1. The first-order valence-corrected chi connectivity index (χ1v) is 11.0. The van der Waals surface area contributed by atoms with E-state index < -0.39 is 0 Å². The molecular formula is C24H21N9O. The average Bonchev–Trinajstić information content (AvgIpc) is 3.57. The van der Waals surface area contributed by atoms with E-state index in [4.69, 9.17) is 15.7 Å². The Labute approximate surface area is 194 Å². The number of fused-ring (bicyclic) bond motifs is 2. The van der Waals surface area contributed by atoms with Crippen LogP contribution in [0.3, 0.4) is 0 Å². The summed E-state index contributed by atoms with van der Waals surface area (Å²) in [6, 6.07) is 13.7. The molecule has 1 atom stereocenters. The Morgan fingerprint density at radius 1 is 1.09 bits per heavy atom. The maximum absolute atomic E-state index is 11.6. The molecule has 0 bridgehead atoms. The van der Waals surface area contributed by atoms with E-state index in [9.17, 15) is 4.79 Å². The zero-order valence-electron chi connectivity index (χ0n) is 18.4. The highest BCUT2D eigenvalue weighted by molar-refractivity contribution is 5.83. The first kappa shape index (κ1) is 20.0. The molecule has 1 aliphatic carbocycles. The number of rotatable bonds is 4. The predicted molar refractivity (Wildman–Crippen MR) is 126 cm³/mol. The third-order valence-corrected chi connectivity index (χ3v) is 6.03. The van der Waals surface area contributed by atoms with Crippen molar-refractivity contribution in [2.24, 2.45) is 0 Å². The largest absolute Gasteiger partial charge is 0.383 e. The molecule has 0 saturated heterocycles. The van der Waals surface area contributed by atoms with Crippen LogP contribution < -0.4 is 11.1 Å². The number of aryl methyl sites for hydroxylation is 1. The highest BCUT2D eigenvalue weighted by atomic mass is 16.1. The molecule has 0 spiro atoms. The molecule has 168 valence electrons. The fourth-order valence-corrected chi connectivity index (χ4v) is 4.56. The van der Waals surface area contributed by atoms with Crippen molar-refractivity contribution in [2.45, 2.75) is 25.8 Å². The van der Waals surface area contributed by atoms with Gasteiger partial charge in [0.25, 0.3) is 0 Å². The number of pyridine rings is 2. The Balaban J connectivity index is 1.56. The van der Waals surface area contributed by atoms with Crippen LogP contribution in [0.4, 0.5) is 5.82 Å². The van der Waals surface area contributed by atoms with Crippen molar-refractivity contribution in [2.75, 3.05) is 5.73 Å². The molecule has 34 heavy (non-hydrogen) atoms. The van der Waals surface area contributed by atoms with Gasteiger partial charge in [0.1, 0.15) is 11.3 Å². The predicted octanol–water partition coefficient (Wildman–Crippen LogP) is 2.77. The van der Waals surface area contributed by atoms with Crippen LogP contribution in [0.15, 0.2) is 61.1 Å². The fourth-order valence-electron chi connectivity index (χ4n) is 4.56. The van der Waals surface area contributed by atoms with Crippen molar-refractivity contribution < 1.29 is 4.79 Å². The number of nitrogens with two attached hydrogens (primary N) is 1. The van der Waals surface area contributed by atoms with Crippen molar-refractivity contribution in [3.8, 4) is 22.9 Å². The van der Waals surface area contributed by atoms with Gasteiger partial charge in [0.15, 0.2) is 17.3 Å². The molecule has 1 aliphatic rings. The smallest absolute Gasteiger partial charge is 0.217 e. The van der Waals surface area contributed by atoms with E-state index >= 15 is 0 Å². The van der Waals surface area contributed by atoms with Gasteiger partial charge in [-0.05, 0) is 60.4 Å². The van der Waals surface area contributed by atoms with E-state index in [1.165, 1.54) is 10.4 Å². The topological polar surface area (TPSA) is 129 Å². The summed E-state index contributed by atoms with van der Waals surface area (Å²) in [5, 5.41) is 11.4. The number of hydrogen-bond donors (Lipinski definition) is 2. The molecule has 3 N–H and O–H groups in total. The number of benzene rings is 1. The number of carbonyl (C=O) groups is 1. The summed E-state index contributed by atoms with van der Waals surface area (Å²) in [4.78, 5) is 27.0. The molecule has 10 heteroatoms. The lowest BCUT2D eigenvalue weighted by Crippen LogP contribution is -2.24. The van der Waals surface area contributed by atoms with Gasteiger partial charge in [0.2, 0.25) is 5.91 Å². The van der Waals surface area contributed by atoms with Crippen molar-refractivity contribution in [3.63, 3.8) is 0 Å². The van der Waals surface area contributed by atoms with E-state index in [0.29, 0.717) is 28.6 Å². The Morgan fingerprint density at radius 3 is 2.74 bits per heavy atom. The minimum absolute atomic E-state index is 0.0270. The lowest BCUT2D eigenvalue weighted by Gasteiger charge is -2.15. The fraction of sp³-hybridized carbons (Fsp3) is 0.167. The van der Waals surface area contributed by atoms with Crippen molar-refractivity contribution in [1.29, 1.82) is 0 Å². The van der Waals surface area contributed by atoms with Crippen LogP contribution in [0.1, 0.15) is 30.5 Å². The molecular weight excluding hydrogens is 430 g/mol. The van der Waals surface area contributed by atoms with Gasteiger partial charge in [-0.25, -0.2) is 15.0 Å². The molecule has 6 rings (SSSR count). The minimum Gasteiger partial charge on any atom is -0.383 e. The molecule has 4 aromatic heterocycles. The summed E-state index contributed by atoms with van der Waals surface area (Å²) in [7, 11) is 0. The van der Waals surface area contributed by atoms with Gasteiger partial charge >= 0.3 is 0 Å². The lowest BCUT2D eigenvalue weighted by atomic mass is 10.1. The molecule has 1 unspecified atom stereocenters. The Bertz CT molecular complexity index is 1540. The number of nitrogens with zero attached hydrogens (tertiary/aromatic N) is 7. The van der Waals surface area contributed by atoms with E-state index in [1.807, 2.05) is 34.9 Å². The van der Waals surface area contributed by atoms with E-state index in [-0.39, 0.29) is 11.9 Å². The van der Waals surface area contributed by atoms with Gasteiger partial charge in [0, 0.05) is 18.8 Å². The molecule has 1 amide bonds. The molecule has 5 aromatic rings. The molecule has 0 fully saturated rings. The van der Waals surface area contributed by atoms with Crippen LogP contribution in [0, 0.1) is 0 Å². The van der Waals surface area contributed by atoms with E-state index in [0.717, 1.165) is 29.7 Å². The SMILES string of the molecule is CC(=O)NC1CCc2cc(-n3c(-c4cccnc4N)nc4ccc(-n5nccn5)nc43)ccc21. The number of amides is 1. The molecule has 0 saturated carbocycles. The quantitative estimate of drug-likeness (QED) is 0.430. The van der Waals surface area contributed by atoms with E-state index in [2.05, 4.69) is 32.6 Å². The number of anilines is 1. The summed E-state index contributed by atoms with van der Waals surface area (Å²) in [5.41, 5.74) is 11.6. The maximum Gasteiger partial charge on any atom is 0.217 e. The van der Waals surface area contributed by atoms with Gasteiger partial charge < -0.3 is 11.1 Å². The van der Waals surface area contributed by atoms with Crippen LogP contribution in [0.2, 0.25) is 0 Å². The van der Waals surface area contributed by atoms with Gasteiger partial charge in [-0.3, -0.25) is 9.36 Å². The van der Waals surface area contributed by atoms with Gasteiger partial charge in [0.05, 0.1) is 24.0 Å². The number of nitrogen functional groups attached to an aromatic ring is 1. The van der Waals surface area contributed by atoms with Crippen molar-refractivity contribution in [3.05, 3.63) is 72.2 Å². The molecule has 0 radical (unpaired) electrons. The number of hydrogen-bond acceptors (Lipinski definition) is 7. The van der Waals surface area contributed by atoms with Crippen LogP contribution in [-0.4, -0.2) is 40.4 Å². The lowest BCUT2D eigenvalue weighted by molar-refractivity contribution is -0.119. The van der Waals surface area contributed by atoms with Gasteiger partial charge in [-0.2, -0.15) is 10.2 Å². The molecule has 4 heterocycles. The highest BCUT2D eigenvalue weighted by Gasteiger charge is 2.25. The van der Waals surface area contributed by atoms with Gasteiger partial charge in [-0.15, -0.1) is 4.80 Å². The Kier molecular flexibility index (Phi) is 4.58. The van der Waals surface area contributed by atoms with Crippen LogP contribution >= 0.6 is 0 Å². The summed E-state index contributed by atoms with van der Waals surface area (Å²) in [5.74, 6) is 1.59. The van der Waals surface area contributed by atoms with Crippen molar-refractivity contribution >= 4 is 22.9 Å². The zero-order valence-corrected chi connectivity index (χ0v) is 18.4. The van der Waals surface area contributed by atoms with Crippen LogP contribution in [0.25, 0.3) is 34.1 Å². The first-order chi connectivity index (χ1) is 16.6. The summed E-state index contributed by atoms with van der Waals surface area (Å²) in [6.07, 6.45) is 6.62. The second kappa shape index (κ2) is 7.77. The maximum atomic E-state index is 11.6. The molecule has 0 aliphatic heterocycles. The number of aromatic nitrogens is 7. The monoisotopic (exact) mass is 451 g/mol. The zero-order chi connectivity index (χ0) is 23.2. The minimum atomic E-state index is -0.0270. The second-order valence-corrected chi connectivity index (χ2v) is 8.21. The summed E-state index contributed by atoms with van der Waals surface area (Å²) in [6.45, 7) is 1.55. The van der Waals surface area contributed by atoms with Gasteiger partial charge in [-0.1, -0.05) is 6.07 Å². The molecule has 1 aromatic carbocycles. The first-order valence-electron chi connectivity index (χ1n) is 11.0. The summed E-state index contributed by atoms with van der Waals surface area (Å²) >= 11 is 0. The highest BCUT2D eigenvalue weighted by Crippen LogP contribution is 2.35. The normalized spacial score (nSPS) is 14.9. The van der Waals surface area contributed by atoms with Crippen LogP contribution in [0.5, 0.6) is 0 Å². The Morgan fingerprint density at radius 2 is 1.94 bits per heavy atom. The molecule has 10 nitrogen and oxygen atoms in total. The van der Waals surface area contributed by atoms with E-state index in [1.54, 1.807) is 25.5 Å². The second-order valence-electron chi connectivity index (χ2n) is 8.21. The number of carbonyl (C=O) groups excluding carboxylic acids is 1.